The third kappa shape index (κ3) is 3.66. The molecule has 0 saturated carbocycles. The number of carbonyl (C=O) groups is 1. The van der Waals surface area contributed by atoms with Gasteiger partial charge in [0.15, 0.2) is 0 Å². The molecular weight excluding hydrogens is 264 g/mol. The fraction of sp³-hybridized carbons (Fsp3) is 0.417. The SMILES string of the molecule is CCC(C)(N)C(=O)Nc1ccc(F)c(C(F)(F)F)c1. The lowest BCUT2D eigenvalue weighted by Crippen LogP contribution is -2.47. The normalized spacial score (nSPS) is 14.9. The molecule has 106 valence electrons. The van der Waals surface area contributed by atoms with Gasteiger partial charge in [0, 0.05) is 5.69 Å². The highest BCUT2D eigenvalue weighted by Gasteiger charge is 2.34. The van der Waals surface area contributed by atoms with Crippen LogP contribution in [0.4, 0.5) is 23.2 Å². The van der Waals surface area contributed by atoms with Crippen molar-refractivity contribution in [2.24, 2.45) is 5.73 Å². The van der Waals surface area contributed by atoms with E-state index >= 15 is 0 Å². The number of anilines is 1. The molecule has 1 aromatic rings. The molecule has 0 saturated heterocycles. The molecule has 1 aromatic carbocycles. The molecule has 0 fully saturated rings. The monoisotopic (exact) mass is 278 g/mol. The van der Waals surface area contributed by atoms with Crippen LogP contribution in [-0.4, -0.2) is 11.4 Å². The van der Waals surface area contributed by atoms with Crippen LogP contribution in [0.2, 0.25) is 0 Å². The van der Waals surface area contributed by atoms with Gasteiger partial charge in [-0.15, -0.1) is 0 Å². The lowest BCUT2D eigenvalue weighted by molar-refractivity contribution is -0.140. The summed E-state index contributed by atoms with van der Waals surface area (Å²) in [5.74, 6) is -2.02. The average Bonchev–Trinajstić information content (AvgIpc) is 2.30. The number of benzene rings is 1. The van der Waals surface area contributed by atoms with E-state index in [1.54, 1.807) is 6.92 Å². The van der Waals surface area contributed by atoms with Gasteiger partial charge in [0.25, 0.3) is 0 Å². The van der Waals surface area contributed by atoms with E-state index in [2.05, 4.69) is 5.32 Å². The van der Waals surface area contributed by atoms with Crippen molar-refractivity contribution < 1.29 is 22.4 Å². The molecule has 7 heteroatoms. The number of rotatable bonds is 3. The van der Waals surface area contributed by atoms with Crippen LogP contribution >= 0.6 is 0 Å². The van der Waals surface area contributed by atoms with Crippen LogP contribution < -0.4 is 11.1 Å². The number of alkyl halides is 3. The van der Waals surface area contributed by atoms with Gasteiger partial charge in [0.05, 0.1) is 11.1 Å². The van der Waals surface area contributed by atoms with Crippen molar-refractivity contribution in [1.29, 1.82) is 0 Å². The van der Waals surface area contributed by atoms with Gasteiger partial charge < -0.3 is 11.1 Å². The van der Waals surface area contributed by atoms with E-state index in [1.165, 1.54) is 6.92 Å². The summed E-state index contributed by atoms with van der Waals surface area (Å²) in [7, 11) is 0. The number of amides is 1. The maximum Gasteiger partial charge on any atom is 0.419 e. The Morgan fingerprint density at radius 3 is 2.42 bits per heavy atom. The molecule has 1 amide bonds. The van der Waals surface area contributed by atoms with E-state index in [-0.39, 0.29) is 5.69 Å². The minimum Gasteiger partial charge on any atom is -0.324 e. The fourth-order valence-electron chi connectivity index (χ4n) is 1.25. The number of nitrogens with one attached hydrogen (secondary N) is 1. The minimum absolute atomic E-state index is 0.149. The highest BCUT2D eigenvalue weighted by molar-refractivity contribution is 5.97. The first-order valence-electron chi connectivity index (χ1n) is 5.55. The first kappa shape index (κ1) is 15.4. The first-order valence-corrected chi connectivity index (χ1v) is 5.55. The Balaban J connectivity index is 3.02. The average molecular weight is 278 g/mol. The summed E-state index contributed by atoms with van der Waals surface area (Å²) in [4.78, 5) is 11.7. The molecule has 0 aliphatic carbocycles. The van der Waals surface area contributed by atoms with Crippen molar-refractivity contribution in [1.82, 2.24) is 0 Å². The molecule has 1 atom stereocenters. The topological polar surface area (TPSA) is 55.1 Å². The molecule has 0 bridgehead atoms. The van der Waals surface area contributed by atoms with Gasteiger partial charge in [-0.25, -0.2) is 4.39 Å². The summed E-state index contributed by atoms with van der Waals surface area (Å²) >= 11 is 0. The van der Waals surface area contributed by atoms with Crippen molar-refractivity contribution in [2.45, 2.75) is 32.0 Å². The second kappa shape index (κ2) is 5.16. The molecule has 3 nitrogen and oxygen atoms in total. The van der Waals surface area contributed by atoms with E-state index in [0.717, 1.165) is 6.07 Å². The zero-order chi connectivity index (χ0) is 14.8. The van der Waals surface area contributed by atoms with Crippen LogP contribution in [0.1, 0.15) is 25.8 Å². The van der Waals surface area contributed by atoms with Crippen LogP contribution in [0.25, 0.3) is 0 Å². The number of nitrogens with two attached hydrogens (primary N) is 1. The predicted octanol–water partition coefficient (Wildman–Crippen LogP) is 2.91. The van der Waals surface area contributed by atoms with Gasteiger partial charge in [0.1, 0.15) is 5.82 Å². The maximum atomic E-state index is 13.0. The number of halogens is 4. The zero-order valence-electron chi connectivity index (χ0n) is 10.4. The third-order valence-electron chi connectivity index (χ3n) is 2.78. The molecule has 1 rings (SSSR count). The standard InChI is InChI=1S/C12H14F4N2O/c1-3-11(2,17)10(19)18-7-4-5-9(13)8(6-7)12(14,15)16/h4-6H,3,17H2,1-2H3,(H,18,19). The molecule has 0 spiro atoms. The maximum absolute atomic E-state index is 13.0. The largest absolute Gasteiger partial charge is 0.419 e. The van der Waals surface area contributed by atoms with Crippen molar-refractivity contribution in [3.63, 3.8) is 0 Å². The molecule has 19 heavy (non-hydrogen) atoms. The van der Waals surface area contributed by atoms with Crippen LogP contribution in [0, 0.1) is 5.82 Å². The molecular formula is C12H14F4N2O. The quantitative estimate of drug-likeness (QED) is 0.835. The lowest BCUT2D eigenvalue weighted by atomic mass is 9.99. The zero-order valence-corrected chi connectivity index (χ0v) is 10.4. The molecule has 0 aliphatic heterocycles. The Morgan fingerprint density at radius 1 is 1.37 bits per heavy atom. The summed E-state index contributed by atoms with van der Waals surface area (Å²) in [6.45, 7) is 3.13. The smallest absolute Gasteiger partial charge is 0.324 e. The number of carbonyl (C=O) groups excluding carboxylic acids is 1. The highest BCUT2D eigenvalue weighted by atomic mass is 19.4. The molecule has 0 heterocycles. The van der Waals surface area contributed by atoms with Crippen LogP contribution in [0.3, 0.4) is 0 Å². The van der Waals surface area contributed by atoms with Crippen molar-refractivity contribution in [3.8, 4) is 0 Å². The Labute approximate surface area is 107 Å². The fourth-order valence-corrected chi connectivity index (χ4v) is 1.25. The summed E-state index contributed by atoms with van der Waals surface area (Å²) in [5.41, 5.74) is 2.87. The van der Waals surface area contributed by atoms with Crippen LogP contribution in [0.5, 0.6) is 0 Å². The van der Waals surface area contributed by atoms with Gasteiger partial charge in [-0.05, 0) is 31.5 Å². The predicted molar refractivity (Wildman–Crippen MR) is 62.9 cm³/mol. The van der Waals surface area contributed by atoms with E-state index in [9.17, 15) is 22.4 Å². The first-order chi connectivity index (χ1) is 8.58. The highest BCUT2D eigenvalue weighted by Crippen LogP contribution is 2.33. The summed E-state index contributed by atoms with van der Waals surface area (Å²) in [6.07, 6.45) is -4.51. The number of hydrogen-bond acceptors (Lipinski definition) is 2. The molecule has 0 radical (unpaired) electrons. The Kier molecular flexibility index (Phi) is 4.19. The van der Waals surface area contributed by atoms with Crippen molar-refractivity contribution >= 4 is 11.6 Å². The summed E-state index contributed by atoms with van der Waals surface area (Å²) < 4.78 is 50.5. The summed E-state index contributed by atoms with van der Waals surface area (Å²) in [6, 6.07) is 2.24. The minimum atomic E-state index is -4.82. The molecule has 3 N–H and O–H groups in total. The second-order valence-corrected chi connectivity index (χ2v) is 4.42. The van der Waals surface area contributed by atoms with E-state index < -0.39 is 29.0 Å². The Morgan fingerprint density at radius 2 is 1.95 bits per heavy atom. The van der Waals surface area contributed by atoms with E-state index in [4.69, 9.17) is 5.73 Å². The van der Waals surface area contributed by atoms with Crippen LogP contribution in [-0.2, 0) is 11.0 Å². The number of hydrogen-bond donors (Lipinski definition) is 2. The summed E-state index contributed by atoms with van der Waals surface area (Å²) in [5, 5.41) is 2.24. The van der Waals surface area contributed by atoms with Crippen molar-refractivity contribution in [2.75, 3.05) is 5.32 Å². The third-order valence-corrected chi connectivity index (χ3v) is 2.78. The second-order valence-electron chi connectivity index (χ2n) is 4.42. The van der Waals surface area contributed by atoms with Crippen LogP contribution in [0.15, 0.2) is 18.2 Å². The molecule has 0 aliphatic rings. The van der Waals surface area contributed by atoms with Gasteiger partial charge in [0.2, 0.25) is 5.91 Å². The molecule has 0 aromatic heterocycles. The van der Waals surface area contributed by atoms with Crippen molar-refractivity contribution in [3.05, 3.63) is 29.6 Å². The Hall–Kier alpha value is -1.63. The Bertz CT molecular complexity index is 483. The van der Waals surface area contributed by atoms with E-state index in [0.29, 0.717) is 18.6 Å². The lowest BCUT2D eigenvalue weighted by Gasteiger charge is -2.21. The van der Waals surface area contributed by atoms with E-state index in [1.807, 2.05) is 0 Å². The van der Waals surface area contributed by atoms with Gasteiger partial charge in [-0.3, -0.25) is 4.79 Å². The van der Waals surface area contributed by atoms with Gasteiger partial charge >= 0.3 is 6.18 Å². The van der Waals surface area contributed by atoms with Gasteiger partial charge in [-0.2, -0.15) is 13.2 Å². The van der Waals surface area contributed by atoms with Gasteiger partial charge in [-0.1, -0.05) is 6.92 Å². The molecule has 1 unspecified atom stereocenters.